The van der Waals surface area contributed by atoms with Gasteiger partial charge in [0.25, 0.3) is 8.14 Å². The minimum absolute atomic E-state index is 0.258. The van der Waals surface area contributed by atoms with Crippen molar-refractivity contribution in [3.05, 3.63) is 0 Å². The molecule has 20 valence electrons. The third-order valence-electron chi connectivity index (χ3n) is 0.0423. The predicted octanol–water partition coefficient (Wildman–Crippen LogP) is 0.482. The number of nitriles is 1. The van der Waals surface area contributed by atoms with Crippen LogP contribution in [-0.4, -0.2) is 8.14 Å². The average molecular weight is 134 g/mol. The van der Waals surface area contributed by atoms with Gasteiger partial charge in [-0.15, -0.1) is 15.3 Å². The molecule has 0 heterocycles. The minimum atomic E-state index is 0.258. The van der Waals surface area contributed by atoms with Gasteiger partial charge in [0, 0.05) is 5.69 Å². The van der Waals surface area contributed by atoms with Gasteiger partial charge in [-0.3, -0.25) is 0 Å². The second-order valence-electron chi connectivity index (χ2n) is 0.206. The highest BCUT2D eigenvalue weighted by Crippen LogP contribution is 1.62. The van der Waals surface area contributed by atoms with Gasteiger partial charge in [0.2, 0.25) is 0 Å². The van der Waals surface area contributed by atoms with E-state index in [0.29, 0.717) is 0 Å². The first kappa shape index (κ1) is 4.19. The fourth-order valence-corrected chi connectivity index (χ4v) is 0. The highest BCUT2D eigenvalue weighted by molar-refractivity contribution is 9.23. The van der Waals surface area contributed by atoms with Gasteiger partial charge in [0.15, 0.2) is 0 Å². The monoisotopic (exact) mass is 133 g/mol. The molecule has 0 atom stereocenters. The summed E-state index contributed by atoms with van der Waals surface area (Å²) in [6.45, 7) is 0. The first-order chi connectivity index (χ1) is 1.91. The molecule has 0 aromatic heterocycles. The van der Waals surface area contributed by atoms with Crippen LogP contribution in [0.25, 0.3) is 0 Å². The van der Waals surface area contributed by atoms with Crippen molar-refractivity contribution < 1.29 is 0 Å². The first-order valence-electron chi connectivity index (χ1n) is 0.663. The van der Waals surface area contributed by atoms with Crippen molar-refractivity contribution in [1.29, 1.82) is 5.26 Å². The number of nitrogens with zero attached hydrogens (tertiary/aromatic N) is 1. The van der Waals surface area contributed by atoms with Crippen molar-refractivity contribution in [2.24, 2.45) is 0 Å². The Bertz CT molecular complexity index is 37.8. The van der Waals surface area contributed by atoms with E-state index in [-0.39, 0.29) is 8.14 Å². The van der Waals surface area contributed by atoms with Gasteiger partial charge in [-0.1, -0.05) is 0 Å². The molecule has 0 rings (SSSR count). The number of rotatable bonds is 0. The topological polar surface area (TPSA) is 23.8 Å². The quantitative estimate of drug-likeness (QED) is 0.349. The molecular formula is CBrNSi. The fraction of sp³-hybridized carbons (Fsp3) is 0. The number of hydrogen-bond acceptors (Lipinski definition) is 1. The van der Waals surface area contributed by atoms with Crippen molar-refractivity contribution in [1.82, 2.24) is 0 Å². The molecule has 0 aliphatic carbocycles. The lowest BCUT2D eigenvalue weighted by Crippen LogP contribution is -1.55. The van der Waals surface area contributed by atoms with Crippen LogP contribution in [0.4, 0.5) is 0 Å². The molecule has 0 saturated heterocycles. The summed E-state index contributed by atoms with van der Waals surface area (Å²) < 4.78 is 0. The summed E-state index contributed by atoms with van der Waals surface area (Å²) in [5.74, 6) is 0. The van der Waals surface area contributed by atoms with E-state index in [1.165, 1.54) is 0 Å². The van der Waals surface area contributed by atoms with Gasteiger partial charge in [-0.05, 0) is 0 Å². The SMILES string of the molecule is N#C[Si]Br. The highest BCUT2D eigenvalue weighted by Gasteiger charge is 1.59. The third kappa shape index (κ3) is 2.19. The Labute approximate surface area is 35.0 Å². The summed E-state index contributed by atoms with van der Waals surface area (Å²) in [5.41, 5.74) is 1.88. The lowest BCUT2D eigenvalue weighted by Gasteiger charge is -1.38. The van der Waals surface area contributed by atoms with Crippen LogP contribution < -0.4 is 0 Å². The predicted molar refractivity (Wildman–Crippen MR) is 20.3 cm³/mol. The molecule has 0 bridgehead atoms. The van der Waals surface area contributed by atoms with Gasteiger partial charge in [-0.25, -0.2) is 5.26 Å². The first-order valence-corrected chi connectivity index (χ1v) is 3.92. The van der Waals surface area contributed by atoms with E-state index in [4.69, 9.17) is 5.26 Å². The van der Waals surface area contributed by atoms with Crippen molar-refractivity contribution >= 4 is 23.4 Å². The Kier molecular flexibility index (Phi) is 3.34. The Morgan fingerprint density at radius 2 is 2.25 bits per heavy atom. The second kappa shape index (κ2) is 3.19. The summed E-state index contributed by atoms with van der Waals surface area (Å²) in [4.78, 5) is 0. The van der Waals surface area contributed by atoms with E-state index in [0.717, 1.165) is 0 Å². The molecule has 3 heteroatoms. The van der Waals surface area contributed by atoms with Crippen molar-refractivity contribution in [2.75, 3.05) is 0 Å². The van der Waals surface area contributed by atoms with E-state index in [2.05, 4.69) is 15.3 Å². The van der Waals surface area contributed by atoms with E-state index in [1.54, 1.807) is 0 Å². The molecule has 1 nitrogen and oxygen atoms in total. The minimum Gasteiger partial charge on any atom is -0.206 e. The molecule has 0 spiro atoms. The lowest BCUT2D eigenvalue weighted by atomic mass is 11.8. The van der Waals surface area contributed by atoms with Gasteiger partial charge in [-0.2, -0.15) is 0 Å². The van der Waals surface area contributed by atoms with Crippen LogP contribution in [0.2, 0.25) is 0 Å². The molecule has 0 aromatic carbocycles. The molecule has 4 heavy (non-hydrogen) atoms. The molecule has 0 N–H and O–H groups in total. The van der Waals surface area contributed by atoms with E-state index in [9.17, 15) is 0 Å². The van der Waals surface area contributed by atoms with Gasteiger partial charge >= 0.3 is 0 Å². The van der Waals surface area contributed by atoms with Crippen LogP contribution >= 0.6 is 15.3 Å². The van der Waals surface area contributed by atoms with Crippen molar-refractivity contribution in [3.63, 3.8) is 0 Å². The standard InChI is InChI=1S/CBrNSi/c2-4-1-3. The average Bonchev–Trinajstić information content (AvgIpc) is 1.37. The lowest BCUT2D eigenvalue weighted by molar-refractivity contribution is 1.56. The zero-order chi connectivity index (χ0) is 3.41. The molecule has 2 radical (unpaired) electrons. The van der Waals surface area contributed by atoms with Crippen LogP contribution in [0, 0.1) is 11.0 Å². The van der Waals surface area contributed by atoms with Crippen LogP contribution in [-0.2, 0) is 0 Å². The number of hydrogen-bond donors (Lipinski definition) is 0. The van der Waals surface area contributed by atoms with Gasteiger partial charge in [0.05, 0.1) is 0 Å². The van der Waals surface area contributed by atoms with Gasteiger partial charge < -0.3 is 0 Å². The van der Waals surface area contributed by atoms with E-state index >= 15 is 0 Å². The molecular weight excluding hydrogens is 134 g/mol. The van der Waals surface area contributed by atoms with Crippen LogP contribution in [0.3, 0.4) is 0 Å². The largest absolute Gasteiger partial charge is 0.278 e. The molecule has 0 fully saturated rings. The number of halogens is 1. The molecule has 0 saturated carbocycles. The zero-order valence-electron chi connectivity index (χ0n) is 1.83. The maximum absolute atomic E-state index is 7.59. The molecule has 0 amide bonds. The maximum atomic E-state index is 7.59. The normalized spacial score (nSPS) is 5.00. The highest BCUT2D eigenvalue weighted by atomic mass is 79.9. The Balaban J connectivity index is 2.43. The summed E-state index contributed by atoms with van der Waals surface area (Å²) in [7, 11) is 0.258. The van der Waals surface area contributed by atoms with E-state index < -0.39 is 0 Å². The molecule has 0 aromatic rings. The summed E-state index contributed by atoms with van der Waals surface area (Å²) in [5, 5.41) is 7.59. The summed E-state index contributed by atoms with van der Waals surface area (Å²) in [6, 6.07) is 0. The summed E-state index contributed by atoms with van der Waals surface area (Å²) >= 11 is 2.91. The fourth-order valence-electron chi connectivity index (χ4n) is 0. The molecule has 0 unspecified atom stereocenters. The van der Waals surface area contributed by atoms with Crippen LogP contribution in [0.5, 0.6) is 0 Å². The second-order valence-corrected chi connectivity index (χ2v) is 1.81. The summed E-state index contributed by atoms with van der Waals surface area (Å²) in [6.07, 6.45) is 0. The Hall–Kier alpha value is 0.187. The van der Waals surface area contributed by atoms with E-state index in [1.807, 2.05) is 5.69 Å². The van der Waals surface area contributed by atoms with Crippen LogP contribution in [0.1, 0.15) is 0 Å². The molecule has 0 aliphatic heterocycles. The van der Waals surface area contributed by atoms with Gasteiger partial charge in [0.1, 0.15) is 0 Å². The van der Waals surface area contributed by atoms with Crippen molar-refractivity contribution in [3.8, 4) is 5.69 Å². The molecule has 0 aliphatic rings. The van der Waals surface area contributed by atoms with Crippen LogP contribution in [0.15, 0.2) is 0 Å². The smallest absolute Gasteiger partial charge is 0.206 e. The Morgan fingerprint density at radius 3 is 2.25 bits per heavy atom. The third-order valence-corrected chi connectivity index (χ3v) is 0.659. The maximum Gasteiger partial charge on any atom is 0.278 e. The zero-order valence-corrected chi connectivity index (χ0v) is 4.41. The Morgan fingerprint density at radius 1 is 2.00 bits per heavy atom. The van der Waals surface area contributed by atoms with Crippen molar-refractivity contribution in [2.45, 2.75) is 0 Å².